The zero-order valence-corrected chi connectivity index (χ0v) is 16.2. The minimum Gasteiger partial charge on any atom is -0.497 e. The Hall–Kier alpha value is -3.73. The molecule has 0 N–H and O–H groups in total. The Bertz CT molecular complexity index is 1000. The predicted molar refractivity (Wildman–Crippen MR) is 113 cm³/mol. The third-order valence-corrected chi connectivity index (χ3v) is 4.53. The van der Waals surface area contributed by atoms with Gasteiger partial charge in [-0.2, -0.15) is 0 Å². The van der Waals surface area contributed by atoms with Crippen LogP contribution in [0, 0.1) is 0 Å². The van der Waals surface area contributed by atoms with Crippen LogP contribution in [0.5, 0.6) is 11.5 Å². The van der Waals surface area contributed by atoms with Gasteiger partial charge in [0.15, 0.2) is 11.5 Å². The van der Waals surface area contributed by atoms with Crippen LogP contribution >= 0.6 is 0 Å². The largest absolute Gasteiger partial charge is 0.497 e. The molecule has 2 aromatic carbocycles. The van der Waals surface area contributed by atoms with Crippen LogP contribution in [-0.4, -0.2) is 18.7 Å². The number of benzene rings is 2. The van der Waals surface area contributed by atoms with Crippen LogP contribution < -0.4 is 14.4 Å². The Morgan fingerprint density at radius 2 is 1.90 bits per heavy atom. The molecule has 146 valence electrons. The lowest BCUT2D eigenvalue weighted by atomic mass is 10.2. The van der Waals surface area contributed by atoms with Gasteiger partial charge in [0.2, 0.25) is 0 Å². The van der Waals surface area contributed by atoms with Gasteiger partial charge in [0, 0.05) is 42.5 Å². The summed E-state index contributed by atoms with van der Waals surface area (Å²) in [5.74, 6) is 2.05. The molecule has 29 heavy (non-hydrogen) atoms. The van der Waals surface area contributed by atoms with Gasteiger partial charge in [-0.3, -0.25) is 4.98 Å². The number of para-hydroxylation sites is 1. The molecule has 0 saturated carbocycles. The van der Waals surface area contributed by atoms with Gasteiger partial charge in [0.05, 0.1) is 13.4 Å². The van der Waals surface area contributed by atoms with Crippen LogP contribution in [0.4, 0.5) is 11.4 Å². The molecule has 4 rings (SSSR count). The van der Waals surface area contributed by atoms with E-state index in [1.165, 1.54) is 0 Å². The predicted octanol–water partition coefficient (Wildman–Crippen LogP) is 5.24. The number of rotatable bonds is 7. The SMILES string of the molecule is COc1ccc(N(Cc2cccnc2)c2ccccc2)cc1OC1=CCOC=C1. The van der Waals surface area contributed by atoms with Crippen molar-refractivity contribution >= 4 is 11.4 Å². The highest BCUT2D eigenvalue weighted by molar-refractivity contribution is 5.66. The average Bonchev–Trinajstić information content (AvgIpc) is 2.79. The maximum absolute atomic E-state index is 6.08. The molecule has 1 aliphatic heterocycles. The van der Waals surface area contributed by atoms with Crippen molar-refractivity contribution < 1.29 is 14.2 Å². The van der Waals surface area contributed by atoms with Crippen molar-refractivity contribution in [3.8, 4) is 11.5 Å². The van der Waals surface area contributed by atoms with E-state index in [-0.39, 0.29) is 0 Å². The third kappa shape index (κ3) is 4.58. The monoisotopic (exact) mass is 386 g/mol. The Morgan fingerprint density at radius 3 is 2.62 bits per heavy atom. The summed E-state index contributed by atoms with van der Waals surface area (Å²) >= 11 is 0. The van der Waals surface area contributed by atoms with E-state index < -0.39 is 0 Å². The van der Waals surface area contributed by atoms with Crippen molar-refractivity contribution in [3.05, 3.63) is 103 Å². The molecule has 0 radical (unpaired) electrons. The highest BCUT2D eigenvalue weighted by Crippen LogP contribution is 2.36. The molecule has 1 aliphatic rings. The lowest BCUT2D eigenvalue weighted by Crippen LogP contribution is -2.16. The average molecular weight is 386 g/mol. The van der Waals surface area contributed by atoms with E-state index in [0.29, 0.717) is 24.7 Å². The molecule has 2 heterocycles. The first-order valence-electron chi connectivity index (χ1n) is 9.39. The van der Waals surface area contributed by atoms with E-state index in [9.17, 15) is 0 Å². The summed E-state index contributed by atoms with van der Waals surface area (Å²) in [5, 5.41) is 0. The van der Waals surface area contributed by atoms with Gasteiger partial charge in [-0.15, -0.1) is 0 Å². The molecule has 0 fully saturated rings. The fourth-order valence-corrected chi connectivity index (χ4v) is 3.10. The molecule has 0 unspecified atom stereocenters. The smallest absolute Gasteiger partial charge is 0.171 e. The van der Waals surface area contributed by atoms with E-state index in [4.69, 9.17) is 14.2 Å². The first-order chi connectivity index (χ1) is 14.3. The molecule has 0 aliphatic carbocycles. The summed E-state index contributed by atoms with van der Waals surface area (Å²) in [6, 6.07) is 20.2. The van der Waals surface area contributed by atoms with E-state index in [0.717, 1.165) is 22.7 Å². The molecule has 0 atom stereocenters. The standard InChI is InChI=1S/C24H22N2O3/c1-27-23-10-9-21(16-24(23)29-22-11-14-28-15-12-22)26(20-7-3-2-4-8-20)18-19-6-5-13-25-17-19/h2-14,16-17H,15,18H2,1H3. The minimum atomic E-state index is 0.491. The molecular weight excluding hydrogens is 364 g/mol. The minimum absolute atomic E-state index is 0.491. The first-order valence-corrected chi connectivity index (χ1v) is 9.39. The molecule has 3 aromatic rings. The zero-order valence-electron chi connectivity index (χ0n) is 16.2. The normalized spacial score (nSPS) is 12.7. The third-order valence-electron chi connectivity index (χ3n) is 4.53. The number of nitrogens with zero attached hydrogens (tertiary/aromatic N) is 2. The van der Waals surface area contributed by atoms with Crippen molar-refractivity contribution in [1.82, 2.24) is 4.98 Å². The van der Waals surface area contributed by atoms with Crippen molar-refractivity contribution in [2.45, 2.75) is 6.54 Å². The summed E-state index contributed by atoms with van der Waals surface area (Å²) in [7, 11) is 1.64. The number of methoxy groups -OCH3 is 1. The maximum atomic E-state index is 6.08. The molecule has 0 spiro atoms. The van der Waals surface area contributed by atoms with Gasteiger partial charge in [-0.25, -0.2) is 0 Å². The van der Waals surface area contributed by atoms with Crippen molar-refractivity contribution in [1.29, 1.82) is 0 Å². The second-order valence-electron chi connectivity index (χ2n) is 6.46. The Labute approximate surface area is 170 Å². The molecule has 0 amide bonds. The molecule has 0 bridgehead atoms. The van der Waals surface area contributed by atoms with E-state index in [2.05, 4.69) is 28.1 Å². The van der Waals surface area contributed by atoms with Crippen LogP contribution in [0.15, 0.2) is 97.2 Å². The van der Waals surface area contributed by atoms with E-state index in [1.807, 2.05) is 54.7 Å². The summed E-state index contributed by atoms with van der Waals surface area (Å²) in [5.41, 5.74) is 3.19. The highest BCUT2D eigenvalue weighted by Gasteiger charge is 2.15. The zero-order chi connectivity index (χ0) is 19.9. The fourth-order valence-electron chi connectivity index (χ4n) is 3.10. The molecule has 1 aromatic heterocycles. The van der Waals surface area contributed by atoms with Crippen LogP contribution in [-0.2, 0) is 11.3 Å². The maximum Gasteiger partial charge on any atom is 0.171 e. The lowest BCUT2D eigenvalue weighted by molar-refractivity contribution is 0.271. The topological polar surface area (TPSA) is 43.8 Å². The second-order valence-corrected chi connectivity index (χ2v) is 6.46. The molecule has 0 saturated heterocycles. The first kappa shape index (κ1) is 18.6. The summed E-state index contributed by atoms with van der Waals surface area (Å²) in [6.07, 6.45) is 8.97. The van der Waals surface area contributed by atoms with Gasteiger partial charge in [0.1, 0.15) is 12.4 Å². The number of anilines is 2. The van der Waals surface area contributed by atoms with E-state index >= 15 is 0 Å². The molecule has 5 nitrogen and oxygen atoms in total. The number of ether oxygens (including phenoxy) is 3. The van der Waals surface area contributed by atoms with Crippen molar-refractivity contribution in [3.63, 3.8) is 0 Å². The number of hydrogen-bond acceptors (Lipinski definition) is 5. The Morgan fingerprint density at radius 1 is 1.00 bits per heavy atom. The van der Waals surface area contributed by atoms with Crippen LogP contribution in [0.25, 0.3) is 0 Å². The lowest BCUT2D eigenvalue weighted by Gasteiger charge is -2.26. The van der Waals surface area contributed by atoms with Crippen molar-refractivity contribution in [2.24, 2.45) is 0 Å². The number of pyridine rings is 1. The summed E-state index contributed by atoms with van der Waals surface area (Å²) in [4.78, 5) is 6.47. The van der Waals surface area contributed by atoms with Crippen LogP contribution in [0.3, 0.4) is 0 Å². The van der Waals surface area contributed by atoms with Crippen LogP contribution in [0.1, 0.15) is 5.56 Å². The van der Waals surface area contributed by atoms with Crippen molar-refractivity contribution in [2.75, 3.05) is 18.6 Å². The molecular formula is C24H22N2O3. The van der Waals surface area contributed by atoms with Crippen LogP contribution in [0.2, 0.25) is 0 Å². The van der Waals surface area contributed by atoms with Gasteiger partial charge < -0.3 is 19.1 Å². The van der Waals surface area contributed by atoms with Gasteiger partial charge >= 0.3 is 0 Å². The number of hydrogen-bond donors (Lipinski definition) is 0. The Kier molecular flexibility index (Phi) is 5.76. The quantitative estimate of drug-likeness (QED) is 0.556. The summed E-state index contributed by atoms with van der Waals surface area (Å²) in [6.45, 7) is 1.17. The number of allylic oxidation sites excluding steroid dienone is 1. The Balaban J connectivity index is 1.70. The fraction of sp³-hybridized carbons (Fsp3) is 0.125. The van der Waals surface area contributed by atoms with E-state index in [1.54, 1.807) is 25.6 Å². The van der Waals surface area contributed by atoms with Gasteiger partial charge in [0.25, 0.3) is 0 Å². The highest BCUT2D eigenvalue weighted by atomic mass is 16.5. The van der Waals surface area contributed by atoms with Gasteiger partial charge in [-0.05, 0) is 42.0 Å². The second kappa shape index (κ2) is 8.97. The summed E-state index contributed by atoms with van der Waals surface area (Å²) < 4.78 is 16.8. The van der Waals surface area contributed by atoms with Gasteiger partial charge in [-0.1, -0.05) is 24.3 Å². The molecule has 5 heteroatoms. The number of aromatic nitrogens is 1.